The van der Waals surface area contributed by atoms with E-state index in [2.05, 4.69) is 5.32 Å². The maximum absolute atomic E-state index is 13.7. The molecule has 0 atom stereocenters. The summed E-state index contributed by atoms with van der Waals surface area (Å²) in [6.07, 6.45) is 0.953. The monoisotopic (exact) mass is 336 g/mol. The van der Waals surface area contributed by atoms with Gasteiger partial charge in [-0.1, -0.05) is 17.7 Å². The van der Waals surface area contributed by atoms with Gasteiger partial charge in [0.05, 0.1) is 10.7 Å². The molecule has 0 saturated heterocycles. The highest BCUT2D eigenvalue weighted by Gasteiger charge is 2.14. The second-order valence-corrected chi connectivity index (χ2v) is 4.79. The fraction of sp³-hybridized carbons (Fsp3) is 0. The van der Waals surface area contributed by atoms with Gasteiger partial charge < -0.3 is 5.32 Å². The summed E-state index contributed by atoms with van der Waals surface area (Å²) in [5, 5.41) is 11.2. The molecule has 1 N–H and O–H groups in total. The van der Waals surface area contributed by atoms with Crippen LogP contribution in [-0.4, -0.2) is 5.91 Å². The highest BCUT2D eigenvalue weighted by atomic mass is 35.5. The number of carbonyl (C=O) groups is 1. The van der Waals surface area contributed by atoms with E-state index in [-0.39, 0.29) is 16.3 Å². The van der Waals surface area contributed by atoms with Gasteiger partial charge in [-0.15, -0.1) is 0 Å². The zero-order valence-corrected chi connectivity index (χ0v) is 12.2. The van der Waals surface area contributed by atoms with Crippen molar-refractivity contribution in [2.45, 2.75) is 0 Å². The molecule has 7 heteroatoms. The van der Waals surface area contributed by atoms with E-state index in [1.807, 2.05) is 0 Å². The number of benzene rings is 2. The van der Waals surface area contributed by atoms with Crippen molar-refractivity contribution in [1.29, 1.82) is 5.26 Å². The van der Waals surface area contributed by atoms with Crippen LogP contribution < -0.4 is 5.32 Å². The predicted octanol–water partition coefficient (Wildman–Crippen LogP) is 4.30. The average Bonchev–Trinajstić information content (AvgIpc) is 2.50. The van der Waals surface area contributed by atoms with Crippen LogP contribution >= 0.6 is 11.6 Å². The molecule has 3 nitrogen and oxygen atoms in total. The molecule has 0 aliphatic rings. The summed E-state index contributed by atoms with van der Waals surface area (Å²) in [4.78, 5) is 12.0. The zero-order valence-electron chi connectivity index (χ0n) is 11.4. The number of rotatable bonds is 3. The second-order valence-electron chi connectivity index (χ2n) is 4.38. The number of carbonyl (C=O) groups excluding carboxylic acids is 1. The van der Waals surface area contributed by atoms with E-state index in [0.717, 1.165) is 24.3 Å². The number of nitriles is 1. The fourth-order valence-electron chi connectivity index (χ4n) is 1.72. The van der Waals surface area contributed by atoms with E-state index in [1.165, 1.54) is 12.1 Å². The van der Waals surface area contributed by atoms with E-state index in [0.29, 0.717) is 6.07 Å². The van der Waals surface area contributed by atoms with Gasteiger partial charge in [-0.05, 0) is 30.3 Å². The molecule has 0 heterocycles. The minimum atomic E-state index is -1.00. The van der Waals surface area contributed by atoms with Crippen LogP contribution in [0.1, 0.15) is 5.56 Å². The van der Waals surface area contributed by atoms with Crippen molar-refractivity contribution < 1.29 is 18.0 Å². The van der Waals surface area contributed by atoms with E-state index in [9.17, 15) is 18.0 Å². The Morgan fingerprint density at radius 3 is 2.52 bits per heavy atom. The van der Waals surface area contributed by atoms with Crippen LogP contribution in [0.25, 0.3) is 6.08 Å². The third-order valence-electron chi connectivity index (χ3n) is 2.83. The molecule has 0 aliphatic heterocycles. The lowest BCUT2D eigenvalue weighted by Gasteiger charge is -2.06. The van der Waals surface area contributed by atoms with Crippen molar-refractivity contribution >= 4 is 29.3 Å². The van der Waals surface area contributed by atoms with Crippen molar-refractivity contribution in [3.8, 4) is 6.07 Å². The maximum Gasteiger partial charge on any atom is 0.266 e. The topological polar surface area (TPSA) is 52.9 Å². The summed E-state index contributed by atoms with van der Waals surface area (Å²) in [5.74, 6) is -3.50. The third kappa shape index (κ3) is 3.90. The molecule has 0 aliphatic carbocycles. The first-order valence-electron chi connectivity index (χ1n) is 6.24. The predicted molar refractivity (Wildman–Crippen MR) is 80.0 cm³/mol. The maximum atomic E-state index is 13.7. The molecule has 1 amide bonds. The normalized spacial score (nSPS) is 11.0. The molecular weight excluding hydrogens is 329 g/mol. The molecule has 116 valence electrons. The minimum Gasteiger partial charge on any atom is -0.319 e. The lowest BCUT2D eigenvalue weighted by Crippen LogP contribution is -2.14. The van der Waals surface area contributed by atoms with Crippen LogP contribution in [0.2, 0.25) is 5.02 Å². The molecule has 0 spiro atoms. The molecule has 2 aromatic carbocycles. The van der Waals surface area contributed by atoms with Gasteiger partial charge >= 0.3 is 0 Å². The molecule has 2 aromatic rings. The van der Waals surface area contributed by atoms with E-state index < -0.39 is 28.9 Å². The van der Waals surface area contributed by atoms with Crippen molar-refractivity contribution in [1.82, 2.24) is 0 Å². The van der Waals surface area contributed by atoms with Gasteiger partial charge in [-0.3, -0.25) is 4.79 Å². The Morgan fingerprint density at radius 2 is 1.91 bits per heavy atom. The van der Waals surface area contributed by atoms with Gasteiger partial charge in [0, 0.05) is 11.6 Å². The summed E-state index contributed by atoms with van der Waals surface area (Å²) in [5.41, 5.74) is -0.932. The van der Waals surface area contributed by atoms with Crippen molar-refractivity contribution in [3.05, 3.63) is 70.0 Å². The molecular formula is C16H8ClF3N2O. The Bertz CT molecular complexity index is 823. The zero-order chi connectivity index (χ0) is 17.0. The number of nitrogens with one attached hydrogen (secondary N) is 1. The number of anilines is 1. The summed E-state index contributed by atoms with van der Waals surface area (Å²) >= 11 is 5.81. The Balaban J connectivity index is 2.32. The standard InChI is InChI=1S/C16H8ClF3N2O/c17-12-2-1-3-13(19)11(12)6-9(8-21)16(23)22-15-5-4-10(18)7-14(15)20/h1-7H,(H,22,23)/b9-6+. The molecule has 0 aromatic heterocycles. The molecule has 0 radical (unpaired) electrons. The van der Waals surface area contributed by atoms with E-state index in [1.54, 1.807) is 6.07 Å². The largest absolute Gasteiger partial charge is 0.319 e. The first-order chi connectivity index (χ1) is 10.9. The average molecular weight is 337 g/mol. The van der Waals surface area contributed by atoms with Crippen molar-refractivity contribution in [3.63, 3.8) is 0 Å². The lowest BCUT2D eigenvalue weighted by atomic mass is 10.1. The Labute approximate surface area is 134 Å². The Hall–Kier alpha value is -2.78. The van der Waals surface area contributed by atoms with Crippen molar-refractivity contribution in [2.24, 2.45) is 0 Å². The lowest BCUT2D eigenvalue weighted by molar-refractivity contribution is -0.112. The highest BCUT2D eigenvalue weighted by molar-refractivity contribution is 6.32. The number of halogens is 4. The van der Waals surface area contributed by atoms with E-state index in [4.69, 9.17) is 16.9 Å². The minimum absolute atomic E-state index is 0.0125. The van der Waals surface area contributed by atoms with Gasteiger partial charge in [0.1, 0.15) is 29.1 Å². The summed E-state index contributed by atoms with van der Waals surface area (Å²) in [6, 6.07) is 8.00. The molecule has 0 saturated carbocycles. The van der Waals surface area contributed by atoms with Crippen LogP contribution in [0, 0.1) is 28.8 Å². The quantitative estimate of drug-likeness (QED) is 0.671. The van der Waals surface area contributed by atoms with Gasteiger partial charge in [0.25, 0.3) is 5.91 Å². The molecule has 0 fully saturated rings. The van der Waals surface area contributed by atoms with Crippen LogP contribution in [0.5, 0.6) is 0 Å². The third-order valence-corrected chi connectivity index (χ3v) is 3.16. The summed E-state index contributed by atoms with van der Waals surface area (Å²) in [6.45, 7) is 0. The first kappa shape index (κ1) is 16.6. The van der Waals surface area contributed by atoms with Crippen LogP contribution in [-0.2, 0) is 4.79 Å². The Morgan fingerprint density at radius 1 is 1.17 bits per heavy atom. The fourth-order valence-corrected chi connectivity index (χ4v) is 1.94. The number of hydrogen-bond donors (Lipinski definition) is 1. The van der Waals surface area contributed by atoms with Gasteiger partial charge in [-0.2, -0.15) is 5.26 Å². The molecule has 0 unspecified atom stereocenters. The smallest absolute Gasteiger partial charge is 0.266 e. The highest BCUT2D eigenvalue weighted by Crippen LogP contribution is 2.22. The van der Waals surface area contributed by atoms with Gasteiger partial charge in [0.2, 0.25) is 0 Å². The van der Waals surface area contributed by atoms with Gasteiger partial charge in [-0.25, -0.2) is 13.2 Å². The molecule has 0 bridgehead atoms. The number of hydrogen-bond acceptors (Lipinski definition) is 2. The van der Waals surface area contributed by atoms with Crippen LogP contribution in [0.3, 0.4) is 0 Å². The van der Waals surface area contributed by atoms with Crippen LogP contribution in [0.15, 0.2) is 42.0 Å². The number of amides is 1. The van der Waals surface area contributed by atoms with Crippen molar-refractivity contribution in [2.75, 3.05) is 5.32 Å². The van der Waals surface area contributed by atoms with Crippen LogP contribution in [0.4, 0.5) is 18.9 Å². The SMILES string of the molecule is N#C/C(=C\c1c(F)cccc1Cl)C(=O)Nc1ccc(F)cc1F. The second kappa shape index (κ2) is 6.99. The summed E-state index contributed by atoms with van der Waals surface area (Å²) in [7, 11) is 0. The molecule has 2 rings (SSSR count). The first-order valence-corrected chi connectivity index (χ1v) is 6.62. The summed E-state index contributed by atoms with van der Waals surface area (Å²) < 4.78 is 40.0. The van der Waals surface area contributed by atoms with Gasteiger partial charge in [0.15, 0.2) is 0 Å². The number of nitrogens with zero attached hydrogens (tertiary/aromatic N) is 1. The Kier molecular flexibility index (Phi) is 5.04. The molecule has 23 heavy (non-hydrogen) atoms. The van der Waals surface area contributed by atoms with E-state index >= 15 is 0 Å².